The first kappa shape index (κ1) is 20.8. The van der Waals surface area contributed by atoms with Gasteiger partial charge in [0.2, 0.25) is 0 Å². The van der Waals surface area contributed by atoms with Crippen molar-refractivity contribution in [2.75, 3.05) is 20.8 Å². The van der Waals surface area contributed by atoms with Crippen LogP contribution in [0.2, 0.25) is 5.15 Å². The lowest BCUT2D eigenvalue weighted by atomic mass is 10.1. The van der Waals surface area contributed by atoms with Crippen molar-refractivity contribution in [2.45, 2.75) is 24.9 Å². The van der Waals surface area contributed by atoms with Crippen molar-refractivity contribution in [3.8, 4) is 11.5 Å². The molecule has 1 fully saturated rings. The number of nitrogens with zero attached hydrogens (tertiary/aromatic N) is 3. The van der Waals surface area contributed by atoms with Crippen LogP contribution in [0.15, 0.2) is 30.5 Å². The Hall–Kier alpha value is -2.91. The van der Waals surface area contributed by atoms with Gasteiger partial charge in [-0.3, -0.25) is 14.9 Å². The molecule has 1 aromatic carbocycles. The number of carbonyl (C=O) groups is 1. The third-order valence-electron chi connectivity index (χ3n) is 5.03. The van der Waals surface area contributed by atoms with E-state index < -0.39 is 16.4 Å². The highest BCUT2D eigenvalue weighted by atomic mass is 35.5. The number of aliphatic hydroxyl groups is 1. The Balaban J connectivity index is 2.01. The van der Waals surface area contributed by atoms with Gasteiger partial charge in [-0.1, -0.05) is 11.6 Å². The van der Waals surface area contributed by atoms with E-state index in [1.54, 1.807) is 18.2 Å². The summed E-state index contributed by atoms with van der Waals surface area (Å²) < 4.78 is 10.6. The zero-order valence-electron chi connectivity index (χ0n) is 15.9. The van der Waals surface area contributed by atoms with Gasteiger partial charge < -0.3 is 19.5 Å². The molecule has 1 amide bonds. The highest BCUT2D eigenvalue weighted by Gasteiger charge is 2.50. The van der Waals surface area contributed by atoms with Crippen molar-refractivity contribution in [3.05, 3.63) is 56.9 Å². The summed E-state index contributed by atoms with van der Waals surface area (Å²) in [5.74, 6) is 0.562. The van der Waals surface area contributed by atoms with Gasteiger partial charge in [-0.2, -0.15) is 0 Å². The van der Waals surface area contributed by atoms with Gasteiger partial charge in [0.05, 0.1) is 43.4 Å². The van der Waals surface area contributed by atoms with E-state index >= 15 is 0 Å². The lowest BCUT2D eigenvalue weighted by molar-refractivity contribution is -0.385. The SMILES string of the molecule is COc1ccc(CN(C(=O)c2cc([N+](=O)[O-])cnc2Cl)C2(CO)CC2)c(OC)c1. The first-order valence-corrected chi connectivity index (χ1v) is 9.16. The second kappa shape index (κ2) is 8.22. The molecule has 1 N–H and O–H groups in total. The van der Waals surface area contributed by atoms with E-state index in [4.69, 9.17) is 21.1 Å². The standard InChI is InChI=1S/C19H20ClN3O6/c1-28-14-4-3-12(16(8-14)29-2)10-22(19(11-24)5-6-19)18(25)15-7-13(23(26)27)9-21-17(15)20/h3-4,7-9,24H,5-6,10-11H2,1-2H3. The van der Waals surface area contributed by atoms with Gasteiger partial charge in [-0.15, -0.1) is 0 Å². The second-order valence-corrected chi connectivity index (χ2v) is 7.10. The average molecular weight is 422 g/mol. The summed E-state index contributed by atoms with van der Waals surface area (Å²) in [7, 11) is 3.04. The number of ether oxygens (including phenoxy) is 2. The molecule has 0 saturated heterocycles. The summed E-state index contributed by atoms with van der Waals surface area (Å²) in [6, 6.07) is 6.29. The molecule has 1 heterocycles. The number of hydrogen-bond acceptors (Lipinski definition) is 7. The molecule has 1 aromatic heterocycles. The fraction of sp³-hybridized carbons (Fsp3) is 0.368. The maximum atomic E-state index is 13.3. The van der Waals surface area contributed by atoms with Gasteiger partial charge in [0.1, 0.15) is 22.8 Å². The van der Waals surface area contributed by atoms with Crippen LogP contribution in [0.1, 0.15) is 28.8 Å². The second-order valence-electron chi connectivity index (χ2n) is 6.74. The molecule has 9 nitrogen and oxygen atoms in total. The molecule has 1 saturated carbocycles. The highest BCUT2D eigenvalue weighted by molar-refractivity contribution is 6.32. The first-order chi connectivity index (χ1) is 13.8. The summed E-state index contributed by atoms with van der Waals surface area (Å²) in [5, 5.41) is 20.9. The molecule has 10 heteroatoms. The van der Waals surface area contributed by atoms with E-state index in [1.807, 2.05) is 0 Å². The summed E-state index contributed by atoms with van der Waals surface area (Å²) in [6.07, 6.45) is 2.20. The van der Waals surface area contributed by atoms with Crippen LogP contribution in [0.3, 0.4) is 0 Å². The molecule has 1 aliphatic rings. The molecular weight excluding hydrogens is 402 g/mol. The largest absolute Gasteiger partial charge is 0.497 e. The monoisotopic (exact) mass is 421 g/mol. The normalized spacial score (nSPS) is 14.2. The van der Waals surface area contributed by atoms with Crippen LogP contribution >= 0.6 is 11.6 Å². The van der Waals surface area contributed by atoms with Crippen molar-refractivity contribution < 1.29 is 24.3 Å². The van der Waals surface area contributed by atoms with Crippen molar-refractivity contribution in [1.82, 2.24) is 9.88 Å². The lowest BCUT2D eigenvalue weighted by Gasteiger charge is -2.31. The highest BCUT2D eigenvalue weighted by Crippen LogP contribution is 2.44. The van der Waals surface area contributed by atoms with Gasteiger partial charge in [0, 0.05) is 17.7 Å². The molecule has 29 heavy (non-hydrogen) atoms. The quantitative estimate of drug-likeness (QED) is 0.396. The summed E-state index contributed by atoms with van der Waals surface area (Å²) in [4.78, 5) is 29.0. The van der Waals surface area contributed by atoms with Crippen LogP contribution < -0.4 is 9.47 Å². The van der Waals surface area contributed by atoms with Crippen LogP contribution in [0.5, 0.6) is 11.5 Å². The van der Waals surface area contributed by atoms with Crippen molar-refractivity contribution >= 4 is 23.2 Å². The number of benzene rings is 1. The van der Waals surface area contributed by atoms with Crippen LogP contribution in [-0.4, -0.2) is 52.2 Å². The minimum atomic E-state index is -0.754. The van der Waals surface area contributed by atoms with E-state index in [2.05, 4.69) is 4.98 Å². The van der Waals surface area contributed by atoms with E-state index in [-0.39, 0.29) is 29.6 Å². The molecule has 0 radical (unpaired) electrons. The first-order valence-electron chi connectivity index (χ1n) is 8.79. The van der Waals surface area contributed by atoms with Crippen molar-refractivity contribution in [3.63, 3.8) is 0 Å². The van der Waals surface area contributed by atoms with Gasteiger partial charge in [-0.25, -0.2) is 4.98 Å². The van der Waals surface area contributed by atoms with E-state index in [0.717, 1.165) is 12.3 Å². The molecule has 1 aliphatic carbocycles. The van der Waals surface area contributed by atoms with E-state index in [9.17, 15) is 20.0 Å². The minimum absolute atomic E-state index is 0.0897. The Morgan fingerprint density at radius 1 is 1.34 bits per heavy atom. The third-order valence-corrected chi connectivity index (χ3v) is 5.33. The molecule has 3 rings (SSSR count). The topological polar surface area (TPSA) is 115 Å². The smallest absolute Gasteiger partial charge is 0.288 e. The number of halogens is 1. The number of aromatic nitrogens is 1. The number of nitro groups is 1. The maximum Gasteiger partial charge on any atom is 0.288 e. The predicted octanol–water partition coefficient (Wildman–Crippen LogP) is 2.83. The number of pyridine rings is 1. The van der Waals surface area contributed by atoms with E-state index in [0.29, 0.717) is 29.9 Å². The number of hydrogen-bond donors (Lipinski definition) is 1. The Bertz CT molecular complexity index is 948. The van der Waals surface area contributed by atoms with Gasteiger partial charge in [0.25, 0.3) is 11.6 Å². The van der Waals surface area contributed by atoms with Crippen LogP contribution in [-0.2, 0) is 6.54 Å². The van der Waals surface area contributed by atoms with Gasteiger partial charge in [-0.05, 0) is 25.0 Å². The lowest BCUT2D eigenvalue weighted by Crippen LogP contribution is -2.44. The number of rotatable bonds is 8. The van der Waals surface area contributed by atoms with Crippen LogP contribution in [0.4, 0.5) is 5.69 Å². The zero-order chi connectivity index (χ0) is 21.2. The Labute approximate surface area is 172 Å². The Morgan fingerprint density at radius 2 is 2.07 bits per heavy atom. The number of aliphatic hydroxyl groups excluding tert-OH is 1. The number of methoxy groups -OCH3 is 2. The summed E-state index contributed by atoms with van der Waals surface area (Å²) in [5.41, 5.74) is -0.492. The minimum Gasteiger partial charge on any atom is -0.497 e. The molecule has 154 valence electrons. The predicted molar refractivity (Wildman–Crippen MR) is 104 cm³/mol. The number of amides is 1. The Kier molecular flexibility index (Phi) is 5.90. The fourth-order valence-corrected chi connectivity index (χ4v) is 3.28. The summed E-state index contributed by atoms with van der Waals surface area (Å²) >= 11 is 6.07. The molecule has 0 spiro atoms. The van der Waals surface area contributed by atoms with Gasteiger partial charge >= 0.3 is 0 Å². The van der Waals surface area contributed by atoms with Crippen molar-refractivity contribution in [2.24, 2.45) is 0 Å². The van der Waals surface area contributed by atoms with Crippen LogP contribution in [0, 0.1) is 10.1 Å². The molecular formula is C19H20ClN3O6. The zero-order valence-corrected chi connectivity index (χ0v) is 16.7. The van der Waals surface area contributed by atoms with E-state index in [1.165, 1.54) is 19.1 Å². The third kappa shape index (κ3) is 4.10. The molecule has 0 bridgehead atoms. The van der Waals surface area contributed by atoms with Crippen LogP contribution in [0.25, 0.3) is 0 Å². The average Bonchev–Trinajstić information content (AvgIpc) is 3.52. The Morgan fingerprint density at radius 3 is 2.62 bits per heavy atom. The van der Waals surface area contributed by atoms with Gasteiger partial charge in [0.15, 0.2) is 0 Å². The molecule has 2 aromatic rings. The number of carbonyl (C=O) groups excluding carboxylic acids is 1. The van der Waals surface area contributed by atoms with Crippen molar-refractivity contribution in [1.29, 1.82) is 0 Å². The molecule has 0 aliphatic heterocycles. The molecule has 0 atom stereocenters. The fourth-order valence-electron chi connectivity index (χ4n) is 3.10. The maximum absolute atomic E-state index is 13.3. The summed E-state index contributed by atoms with van der Waals surface area (Å²) in [6.45, 7) is -0.122. The molecule has 0 unspecified atom stereocenters.